The van der Waals surface area contributed by atoms with Gasteiger partial charge in [-0.15, -0.1) is 0 Å². The minimum absolute atomic E-state index is 0.0394. The van der Waals surface area contributed by atoms with Crippen LogP contribution in [0, 0.1) is 5.41 Å². The van der Waals surface area contributed by atoms with Crippen LogP contribution in [0.25, 0.3) is 0 Å². The van der Waals surface area contributed by atoms with Crippen LogP contribution in [0.15, 0.2) is 40.3 Å². The minimum atomic E-state index is -0.147. The summed E-state index contributed by atoms with van der Waals surface area (Å²) in [5, 5.41) is 3.40. The van der Waals surface area contributed by atoms with Gasteiger partial charge in [0.25, 0.3) is 0 Å². The number of halogens is 1. The lowest BCUT2D eigenvalue weighted by atomic mass is 9.92. The summed E-state index contributed by atoms with van der Waals surface area (Å²) in [6.45, 7) is 6.30. The number of nitrogens with zero attached hydrogens (tertiary/aromatic N) is 2. The Morgan fingerprint density at radius 1 is 1.12 bits per heavy atom. The standard InChI is InChI=1S/C13H16ClN3/c1-13(2,3)11-15-10(16-12(14)17-11)9-7-5-4-6-8-9/h4-8,11H,1-3H3,(H,15,16,17). The van der Waals surface area contributed by atoms with Gasteiger partial charge in [0.05, 0.1) is 0 Å². The lowest BCUT2D eigenvalue weighted by Crippen LogP contribution is -2.38. The Bertz CT molecular complexity index is 457. The molecular formula is C13H16ClN3. The third kappa shape index (κ3) is 2.86. The van der Waals surface area contributed by atoms with Gasteiger partial charge >= 0.3 is 0 Å². The molecule has 17 heavy (non-hydrogen) atoms. The molecule has 1 aromatic rings. The van der Waals surface area contributed by atoms with Crippen molar-refractivity contribution in [3.63, 3.8) is 0 Å². The Hall–Kier alpha value is -1.35. The van der Waals surface area contributed by atoms with Crippen LogP contribution in [0.5, 0.6) is 0 Å². The van der Waals surface area contributed by atoms with Crippen LogP contribution in [0.4, 0.5) is 0 Å². The fraction of sp³-hybridized carbons (Fsp3) is 0.385. The molecule has 0 aromatic heterocycles. The van der Waals surface area contributed by atoms with Crippen molar-refractivity contribution in [1.82, 2.24) is 5.32 Å². The molecule has 1 aliphatic heterocycles. The molecule has 1 aromatic carbocycles. The van der Waals surface area contributed by atoms with Crippen molar-refractivity contribution in [2.24, 2.45) is 15.4 Å². The van der Waals surface area contributed by atoms with E-state index in [1.165, 1.54) is 0 Å². The van der Waals surface area contributed by atoms with Gasteiger partial charge < -0.3 is 5.32 Å². The second-order valence-corrected chi connectivity index (χ2v) is 5.49. The summed E-state index contributed by atoms with van der Waals surface area (Å²) in [4.78, 5) is 8.92. The summed E-state index contributed by atoms with van der Waals surface area (Å²) in [5.74, 6) is 0.783. The zero-order valence-electron chi connectivity index (χ0n) is 10.2. The fourth-order valence-corrected chi connectivity index (χ4v) is 1.73. The summed E-state index contributed by atoms with van der Waals surface area (Å²) in [6.07, 6.45) is -0.147. The minimum Gasteiger partial charge on any atom is -0.315 e. The van der Waals surface area contributed by atoms with Gasteiger partial charge in [0.2, 0.25) is 0 Å². The largest absolute Gasteiger partial charge is 0.315 e. The van der Waals surface area contributed by atoms with Gasteiger partial charge in [0.1, 0.15) is 12.0 Å². The highest BCUT2D eigenvalue weighted by Crippen LogP contribution is 2.25. The van der Waals surface area contributed by atoms with Gasteiger partial charge in [-0.1, -0.05) is 51.1 Å². The van der Waals surface area contributed by atoms with Gasteiger partial charge in [-0.2, -0.15) is 0 Å². The van der Waals surface area contributed by atoms with Crippen molar-refractivity contribution in [3.05, 3.63) is 35.9 Å². The number of hydrogen-bond acceptors (Lipinski definition) is 3. The summed E-state index contributed by atoms with van der Waals surface area (Å²) >= 11 is 6.02. The van der Waals surface area contributed by atoms with Crippen LogP contribution < -0.4 is 5.32 Å². The molecule has 4 heteroatoms. The highest BCUT2D eigenvalue weighted by atomic mass is 35.5. The Balaban J connectivity index is 2.34. The molecule has 0 saturated heterocycles. The first-order valence-electron chi connectivity index (χ1n) is 5.60. The molecule has 0 fully saturated rings. The zero-order chi connectivity index (χ0) is 12.5. The molecule has 1 atom stereocenters. The summed E-state index contributed by atoms with van der Waals surface area (Å²) in [5.41, 5.74) is 0.984. The third-order valence-corrected chi connectivity index (χ3v) is 2.72. The van der Waals surface area contributed by atoms with Crippen molar-refractivity contribution >= 4 is 22.7 Å². The summed E-state index contributed by atoms with van der Waals surface area (Å²) < 4.78 is 0. The van der Waals surface area contributed by atoms with Crippen molar-refractivity contribution < 1.29 is 0 Å². The first kappa shape index (κ1) is 12.1. The number of amidine groups is 2. The number of benzene rings is 1. The van der Waals surface area contributed by atoms with E-state index in [-0.39, 0.29) is 11.6 Å². The number of hydrogen-bond donors (Lipinski definition) is 1. The van der Waals surface area contributed by atoms with E-state index >= 15 is 0 Å². The van der Waals surface area contributed by atoms with Gasteiger partial charge in [0.15, 0.2) is 5.29 Å². The Morgan fingerprint density at radius 2 is 1.76 bits per heavy atom. The molecule has 1 heterocycles. The van der Waals surface area contributed by atoms with Gasteiger partial charge in [-0.05, 0) is 11.6 Å². The third-order valence-electron chi connectivity index (χ3n) is 2.53. The zero-order valence-corrected chi connectivity index (χ0v) is 11.0. The van der Waals surface area contributed by atoms with Gasteiger partial charge in [0, 0.05) is 11.0 Å². The average Bonchev–Trinajstić information content (AvgIpc) is 2.28. The van der Waals surface area contributed by atoms with Crippen LogP contribution in [0.2, 0.25) is 0 Å². The summed E-state index contributed by atoms with van der Waals surface area (Å²) in [7, 11) is 0. The maximum Gasteiger partial charge on any atom is 0.199 e. The normalized spacial score (nSPS) is 20.4. The molecule has 0 spiro atoms. The van der Waals surface area contributed by atoms with Gasteiger partial charge in [-0.3, -0.25) is 0 Å². The number of nitrogens with one attached hydrogen (secondary N) is 1. The smallest absolute Gasteiger partial charge is 0.199 e. The van der Waals surface area contributed by atoms with Crippen LogP contribution in [-0.4, -0.2) is 17.3 Å². The molecule has 0 bridgehead atoms. The van der Waals surface area contributed by atoms with Crippen molar-refractivity contribution in [2.45, 2.75) is 26.9 Å². The molecule has 0 radical (unpaired) electrons. The van der Waals surface area contributed by atoms with E-state index < -0.39 is 0 Å². The number of rotatable bonds is 1. The number of aliphatic imine (C=N–C) groups is 2. The molecular weight excluding hydrogens is 234 g/mol. The van der Waals surface area contributed by atoms with Crippen LogP contribution in [-0.2, 0) is 0 Å². The molecule has 3 nitrogen and oxygen atoms in total. The maximum absolute atomic E-state index is 6.02. The highest BCUT2D eigenvalue weighted by molar-refractivity contribution is 6.66. The van der Waals surface area contributed by atoms with E-state index in [0.717, 1.165) is 11.4 Å². The van der Waals surface area contributed by atoms with Crippen molar-refractivity contribution in [3.8, 4) is 0 Å². The fourth-order valence-electron chi connectivity index (χ4n) is 1.55. The highest BCUT2D eigenvalue weighted by Gasteiger charge is 2.27. The van der Waals surface area contributed by atoms with E-state index in [0.29, 0.717) is 5.29 Å². The van der Waals surface area contributed by atoms with E-state index in [1.807, 2.05) is 30.3 Å². The van der Waals surface area contributed by atoms with E-state index in [2.05, 4.69) is 36.1 Å². The Labute approximate surface area is 107 Å². The van der Waals surface area contributed by atoms with E-state index in [4.69, 9.17) is 11.6 Å². The van der Waals surface area contributed by atoms with Crippen molar-refractivity contribution in [1.29, 1.82) is 0 Å². The first-order valence-corrected chi connectivity index (χ1v) is 5.98. The molecule has 1 aliphatic rings. The lowest BCUT2D eigenvalue weighted by molar-refractivity contribution is 0.329. The molecule has 1 N–H and O–H groups in total. The Kier molecular flexibility index (Phi) is 3.20. The van der Waals surface area contributed by atoms with E-state index in [9.17, 15) is 0 Å². The molecule has 0 amide bonds. The first-order chi connectivity index (χ1) is 7.97. The van der Waals surface area contributed by atoms with Crippen molar-refractivity contribution in [2.75, 3.05) is 0 Å². The van der Waals surface area contributed by atoms with E-state index in [1.54, 1.807) is 0 Å². The topological polar surface area (TPSA) is 36.8 Å². The van der Waals surface area contributed by atoms with Crippen LogP contribution >= 0.6 is 11.6 Å². The molecule has 90 valence electrons. The quantitative estimate of drug-likeness (QED) is 0.764. The summed E-state index contributed by atoms with van der Waals surface area (Å²) in [6, 6.07) is 9.93. The molecule has 1 unspecified atom stereocenters. The molecule has 0 aliphatic carbocycles. The monoisotopic (exact) mass is 249 g/mol. The SMILES string of the molecule is CC(C)(C)C1N=C(Cl)NC(c2ccccc2)=N1. The average molecular weight is 250 g/mol. The Morgan fingerprint density at radius 3 is 2.35 bits per heavy atom. The molecule has 2 rings (SSSR count). The van der Waals surface area contributed by atoms with Crippen LogP contribution in [0.3, 0.4) is 0 Å². The molecule has 0 saturated carbocycles. The van der Waals surface area contributed by atoms with Crippen LogP contribution in [0.1, 0.15) is 26.3 Å². The maximum atomic E-state index is 6.02. The van der Waals surface area contributed by atoms with Gasteiger partial charge in [-0.25, -0.2) is 9.98 Å². The second-order valence-electron chi connectivity index (χ2n) is 5.13. The predicted octanol–water partition coefficient (Wildman–Crippen LogP) is 3.00. The lowest BCUT2D eigenvalue weighted by Gasteiger charge is -2.28. The predicted molar refractivity (Wildman–Crippen MR) is 72.6 cm³/mol. The second kappa shape index (κ2) is 4.49.